The van der Waals surface area contributed by atoms with Crippen molar-refractivity contribution in [2.45, 2.75) is 19.3 Å². The van der Waals surface area contributed by atoms with Crippen LogP contribution in [-0.4, -0.2) is 9.97 Å². The summed E-state index contributed by atoms with van der Waals surface area (Å²) in [7, 11) is 0. The van der Waals surface area contributed by atoms with Gasteiger partial charge in [0.05, 0.1) is 11.2 Å². The Morgan fingerprint density at radius 3 is 1.81 bits per heavy atom. The fraction of sp³-hybridized carbons (Fsp3) is 0.0545. The molecule has 2 aromatic heterocycles. The van der Waals surface area contributed by atoms with Crippen molar-refractivity contribution < 1.29 is 0 Å². The molecule has 266 valence electrons. The topological polar surface area (TPSA) is 25.8 Å². The van der Waals surface area contributed by atoms with E-state index in [1.165, 1.54) is 110 Å². The van der Waals surface area contributed by atoms with Gasteiger partial charge >= 0.3 is 0 Å². The molecule has 57 heavy (non-hydrogen) atoms. The SMILES string of the molecule is CC1(C)c2ccccc2-c2nc3ccc4ccccc4c3c(-c3ccc(-c4cccc(-c5ccc6ccc7c(-c8ccncc8)ccc8ccc5c6c87)c4)cc3)c21. The van der Waals surface area contributed by atoms with Crippen LogP contribution in [0.3, 0.4) is 0 Å². The average Bonchev–Trinajstić information content (AvgIpc) is 3.50. The highest BCUT2D eigenvalue weighted by atomic mass is 14.7. The Kier molecular flexibility index (Phi) is 6.72. The number of benzene rings is 9. The van der Waals surface area contributed by atoms with Crippen LogP contribution in [0, 0.1) is 0 Å². The Bertz CT molecular complexity index is 3410. The van der Waals surface area contributed by atoms with Crippen molar-refractivity contribution in [3.8, 4) is 55.8 Å². The number of nitrogens with zero attached hydrogens (tertiary/aromatic N) is 2. The van der Waals surface area contributed by atoms with Crippen LogP contribution in [0.25, 0.3) is 110 Å². The lowest BCUT2D eigenvalue weighted by Gasteiger charge is -2.25. The van der Waals surface area contributed by atoms with E-state index >= 15 is 0 Å². The van der Waals surface area contributed by atoms with Gasteiger partial charge in [0.15, 0.2) is 0 Å². The summed E-state index contributed by atoms with van der Waals surface area (Å²) in [5, 5.41) is 11.4. The lowest BCUT2D eigenvalue weighted by molar-refractivity contribution is 0.662. The first kappa shape index (κ1) is 32.1. The number of pyridine rings is 2. The van der Waals surface area contributed by atoms with Gasteiger partial charge in [-0.25, -0.2) is 4.98 Å². The molecule has 0 saturated carbocycles. The molecule has 0 aliphatic heterocycles. The van der Waals surface area contributed by atoms with E-state index in [-0.39, 0.29) is 5.41 Å². The largest absolute Gasteiger partial charge is 0.265 e. The predicted molar refractivity (Wildman–Crippen MR) is 240 cm³/mol. The molecule has 9 aromatic carbocycles. The molecule has 0 spiro atoms. The zero-order chi connectivity index (χ0) is 37.8. The van der Waals surface area contributed by atoms with Crippen molar-refractivity contribution in [3.05, 3.63) is 193 Å². The minimum atomic E-state index is -0.201. The van der Waals surface area contributed by atoms with Gasteiger partial charge in [-0.05, 0) is 123 Å². The van der Waals surface area contributed by atoms with E-state index in [1.54, 1.807) is 0 Å². The van der Waals surface area contributed by atoms with Gasteiger partial charge in [0.1, 0.15) is 0 Å². The standard InChI is InChI=1S/C55H36N2/c1-55(2)47-13-6-5-12-46(47)54-53(55)51(52-43-11-4-3-8-34(43)22-27-48(52)57-54)38-16-14-33(15-17-38)39-9-7-10-40(32-39)42-24-19-37-20-25-44-41(35-28-30-56-31-29-35)23-18-36-21-26-45(42)50(37)49(36)44/h3-32H,1-2H3. The second-order valence-electron chi connectivity index (χ2n) is 16.1. The first-order valence-electron chi connectivity index (χ1n) is 19.8. The van der Waals surface area contributed by atoms with Crippen LogP contribution < -0.4 is 0 Å². The summed E-state index contributed by atoms with van der Waals surface area (Å²) in [5.41, 5.74) is 15.6. The zero-order valence-corrected chi connectivity index (χ0v) is 31.7. The van der Waals surface area contributed by atoms with Gasteiger partial charge < -0.3 is 0 Å². The van der Waals surface area contributed by atoms with E-state index in [0.717, 1.165) is 11.2 Å². The fourth-order valence-electron chi connectivity index (χ4n) is 10.0. The van der Waals surface area contributed by atoms with Crippen LogP contribution in [0.2, 0.25) is 0 Å². The van der Waals surface area contributed by atoms with Gasteiger partial charge in [0.25, 0.3) is 0 Å². The lowest BCUT2D eigenvalue weighted by atomic mass is 9.78. The van der Waals surface area contributed by atoms with E-state index < -0.39 is 0 Å². The van der Waals surface area contributed by atoms with Gasteiger partial charge in [-0.3, -0.25) is 4.98 Å². The molecular formula is C55H36N2. The molecule has 11 aromatic rings. The van der Waals surface area contributed by atoms with Crippen molar-refractivity contribution in [2.75, 3.05) is 0 Å². The van der Waals surface area contributed by atoms with Crippen molar-refractivity contribution in [1.82, 2.24) is 9.97 Å². The van der Waals surface area contributed by atoms with Crippen molar-refractivity contribution >= 4 is 54.0 Å². The molecule has 2 heterocycles. The van der Waals surface area contributed by atoms with Gasteiger partial charge in [-0.1, -0.05) is 159 Å². The summed E-state index contributed by atoms with van der Waals surface area (Å²) in [6, 6.07) is 62.8. The Morgan fingerprint density at radius 1 is 0.404 bits per heavy atom. The van der Waals surface area contributed by atoms with Gasteiger partial charge in [-0.15, -0.1) is 0 Å². The third kappa shape index (κ3) is 4.65. The quantitative estimate of drug-likeness (QED) is 0.169. The van der Waals surface area contributed by atoms with Crippen molar-refractivity contribution in [1.29, 1.82) is 0 Å². The molecule has 2 heteroatoms. The summed E-state index contributed by atoms with van der Waals surface area (Å²) in [6.45, 7) is 4.72. The molecule has 1 aliphatic carbocycles. The smallest absolute Gasteiger partial charge is 0.0759 e. The van der Waals surface area contributed by atoms with Crippen LogP contribution in [-0.2, 0) is 5.41 Å². The molecule has 2 nitrogen and oxygen atoms in total. The Hall–Kier alpha value is -7.16. The highest BCUT2D eigenvalue weighted by molar-refractivity contribution is 6.27. The van der Waals surface area contributed by atoms with Crippen molar-refractivity contribution in [3.63, 3.8) is 0 Å². The fourth-order valence-corrected chi connectivity index (χ4v) is 10.0. The van der Waals surface area contributed by atoms with Crippen LogP contribution >= 0.6 is 0 Å². The Morgan fingerprint density at radius 2 is 1.04 bits per heavy atom. The molecule has 0 bridgehead atoms. The number of hydrogen-bond donors (Lipinski definition) is 0. The Labute approximate surface area is 331 Å². The molecule has 0 unspecified atom stereocenters. The van der Waals surface area contributed by atoms with Crippen LogP contribution in [0.5, 0.6) is 0 Å². The molecule has 0 fully saturated rings. The monoisotopic (exact) mass is 724 g/mol. The maximum absolute atomic E-state index is 5.40. The highest BCUT2D eigenvalue weighted by Crippen LogP contribution is 2.54. The molecule has 1 aliphatic rings. The minimum Gasteiger partial charge on any atom is -0.265 e. The molecule has 0 N–H and O–H groups in total. The molecule has 0 saturated heterocycles. The average molecular weight is 725 g/mol. The number of hydrogen-bond acceptors (Lipinski definition) is 2. The lowest BCUT2D eigenvalue weighted by Crippen LogP contribution is -2.16. The van der Waals surface area contributed by atoms with E-state index in [1.807, 2.05) is 12.4 Å². The zero-order valence-electron chi connectivity index (χ0n) is 31.7. The number of rotatable bonds is 4. The van der Waals surface area contributed by atoms with E-state index in [4.69, 9.17) is 4.98 Å². The van der Waals surface area contributed by atoms with Gasteiger partial charge in [-0.2, -0.15) is 0 Å². The normalized spacial score (nSPS) is 13.2. The van der Waals surface area contributed by atoms with Gasteiger partial charge in [0.2, 0.25) is 0 Å². The first-order valence-corrected chi connectivity index (χ1v) is 19.8. The van der Waals surface area contributed by atoms with E-state index in [2.05, 4.69) is 189 Å². The third-order valence-corrected chi connectivity index (χ3v) is 12.7. The molecule has 0 atom stereocenters. The summed E-state index contributed by atoms with van der Waals surface area (Å²) < 4.78 is 0. The third-order valence-electron chi connectivity index (χ3n) is 12.7. The number of fused-ring (bicyclic) bond motifs is 6. The summed E-state index contributed by atoms with van der Waals surface area (Å²) in [6.07, 6.45) is 3.75. The second kappa shape index (κ2) is 11.9. The molecule has 0 radical (unpaired) electrons. The minimum absolute atomic E-state index is 0.201. The summed E-state index contributed by atoms with van der Waals surface area (Å²) in [5.74, 6) is 0. The van der Waals surface area contributed by atoms with Crippen LogP contribution in [0.1, 0.15) is 25.0 Å². The molecular weight excluding hydrogens is 689 g/mol. The number of aromatic nitrogens is 2. The van der Waals surface area contributed by atoms with Crippen LogP contribution in [0.15, 0.2) is 182 Å². The Balaban J connectivity index is 1.00. The van der Waals surface area contributed by atoms with E-state index in [9.17, 15) is 0 Å². The first-order chi connectivity index (χ1) is 28.0. The molecule has 0 amide bonds. The predicted octanol–water partition coefficient (Wildman–Crippen LogP) is 14.7. The van der Waals surface area contributed by atoms with Gasteiger partial charge in [0, 0.05) is 28.8 Å². The highest BCUT2D eigenvalue weighted by Gasteiger charge is 2.39. The van der Waals surface area contributed by atoms with E-state index in [0.29, 0.717) is 0 Å². The van der Waals surface area contributed by atoms with Crippen LogP contribution in [0.4, 0.5) is 0 Å². The van der Waals surface area contributed by atoms with Crippen molar-refractivity contribution in [2.24, 2.45) is 0 Å². The summed E-state index contributed by atoms with van der Waals surface area (Å²) in [4.78, 5) is 9.66. The summed E-state index contributed by atoms with van der Waals surface area (Å²) >= 11 is 0. The molecule has 12 rings (SSSR count). The maximum Gasteiger partial charge on any atom is 0.0759 e. The second-order valence-corrected chi connectivity index (χ2v) is 16.1. The maximum atomic E-state index is 5.40.